The molecule has 1 aliphatic carbocycles. The number of aromatic nitrogens is 2. The van der Waals surface area contributed by atoms with Crippen molar-refractivity contribution >= 4 is 11.7 Å². The Labute approximate surface area is 145 Å². The third kappa shape index (κ3) is 3.68. The van der Waals surface area contributed by atoms with Gasteiger partial charge in [0.2, 0.25) is 5.91 Å². The maximum absolute atomic E-state index is 12.3. The number of amides is 1. The first-order valence-corrected chi connectivity index (χ1v) is 8.19. The van der Waals surface area contributed by atoms with Crippen LogP contribution >= 0.6 is 0 Å². The second-order valence-corrected chi connectivity index (χ2v) is 5.97. The molecule has 25 heavy (non-hydrogen) atoms. The summed E-state index contributed by atoms with van der Waals surface area (Å²) in [5.74, 6) is 0.0406. The Balaban J connectivity index is 1.70. The molecule has 0 spiro atoms. The van der Waals surface area contributed by atoms with E-state index in [0.29, 0.717) is 11.4 Å². The van der Waals surface area contributed by atoms with Crippen molar-refractivity contribution in [2.75, 3.05) is 11.9 Å². The third-order valence-corrected chi connectivity index (χ3v) is 4.35. The van der Waals surface area contributed by atoms with Crippen LogP contribution in [0.2, 0.25) is 0 Å². The number of nitrogens with zero attached hydrogens (tertiary/aromatic N) is 4. The number of nitriles is 2. The van der Waals surface area contributed by atoms with Crippen LogP contribution in [0.1, 0.15) is 24.8 Å². The number of carbonyl (C=O) groups excluding carboxylic acids is 1. The quantitative estimate of drug-likeness (QED) is 0.869. The normalized spacial score (nSPS) is 19.1. The molecule has 2 aromatic rings. The zero-order valence-corrected chi connectivity index (χ0v) is 13.6. The summed E-state index contributed by atoms with van der Waals surface area (Å²) in [5.41, 5.74) is 1.06. The lowest BCUT2D eigenvalue weighted by Crippen LogP contribution is -2.38. The van der Waals surface area contributed by atoms with Crippen molar-refractivity contribution in [1.82, 2.24) is 15.1 Å². The zero-order chi connectivity index (χ0) is 17.6. The van der Waals surface area contributed by atoms with E-state index in [9.17, 15) is 10.1 Å². The van der Waals surface area contributed by atoms with Crippen molar-refractivity contribution in [1.29, 1.82) is 10.5 Å². The minimum atomic E-state index is -0.266. The summed E-state index contributed by atoms with van der Waals surface area (Å²) < 4.78 is 1.53. The number of nitrogens with one attached hydrogen (secondary N) is 2. The molecule has 0 saturated heterocycles. The van der Waals surface area contributed by atoms with Crippen molar-refractivity contribution in [3.8, 4) is 17.8 Å². The lowest BCUT2D eigenvalue weighted by Gasteiger charge is -2.15. The minimum absolute atomic E-state index is 0.0442. The molecular weight excluding hydrogens is 316 g/mol. The lowest BCUT2D eigenvalue weighted by atomic mass is 10.1. The van der Waals surface area contributed by atoms with Crippen LogP contribution in [0, 0.1) is 28.6 Å². The van der Waals surface area contributed by atoms with Gasteiger partial charge in [-0.1, -0.05) is 24.6 Å². The third-order valence-electron chi connectivity index (χ3n) is 4.35. The molecule has 2 N–H and O–H groups in total. The molecule has 3 rings (SSSR count). The Hall–Kier alpha value is -3.16. The Morgan fingerprint density at radius 3 is 2.80 bits per heavy atom. The van der Waals surface area contributed by atoms with Crippen LogP contribution in [0.3, 0.4) is 0 Å². The molecule has 126 valence electrons. The Morgan fingerprint density at radius 2 is 2.08 bits per heavy atom. The van der Waals surface area contributed by atoms with Crippen LogP contribution in [0.25, 0.3) is 5.69 Å². The van der Waals surface area contributed by atoms with E-state index in [1.54, 1.807) is 0 Å². The van der Waals surface area contributed by atoms with Crippen LogP contribution in [0.5, 0.6) is 0 Å². The number of para-hydroxylation sites is 1. The summed E-state index contributed by atoms with van der Waals surface area (Å²) in [6.07, 6.45) is 4.20. The summed E-state index contributed by atoms with van der Waals surface area (Å²) >= 11 is 0. The van der Waals surface area contributed by atoms with Crippen molar-refractivity contribution in [2.45, 2.75) is 25.3 Å². The van der Waals surface area contributed by atoms with Gasteiger partial charge in [-0.05, 0) is 25.0 Å². The molecule has 7 heteroatoms. The fourth-order valence-corrected chi connectivity index (χ4v) is 3.07. The van der Waals surface area contributed by atoms with E-state index in [2.05, 4.69) is 21.8 Å². The molecule has 2 unspecified atom stereocenters. The number of carbonyl (C=O) groups is 1. The Bertz CT molecular complexity index is 829. The highest BCUT2D eigenvalue weighted by atomic mass is 16.2. The van der Waals surface area contributed by atoms with Crippen molar-refractivity contribution in [2.24, 2.45) is 5.92 Å². The summed E-state index contributed by atoms with van der Waals surface area (Å²) in [5, 5.41) is 28.4. The predicted molar refractivity (Wildman–Crippen MR) is 91.7 cm³/mol. The van der Waals surface area contributed by atoms with Gasteiger partial charge < -0.3 is 10.6 Å². The highest BCUT2D eigenvalue weighted by Gasteiger charge is 2.27. The highest BCUT2D eigenvalue weighted by molar-refractivity contribution is 5.93. The van der Waals surface area contributed by atoms with E-state index in [0.717, 1.165) is 24.9 Å². The van der Waals surface area contributed by atoms with Gasteiger partial charge in [-0.2, -0.15) is 15.6 Å². The van der Waals surface area contributed by atoms with Crippen LogP contribution in [0.15, 0.2) is 36.5 Å². The van der Waals surface area contributed by atoms with E-state index in [1.165, 1.54) is 10.9 Å². The van der Waals surface area contributed by atoms with E-state index in [4.69, 9.17) is 5.26 Å². The molecule has 1 aromatic carbocycles. The summed E-state index contributed by atoms with van der Waals surface area (Å²) in [6.45, 7) is 0.0910. The Morgan fingerprint density at radius 1 is 1.28 bits per heavy atom. The van der Waals surface area contributed by atoms with Gasteiger partial charge in [0.05, 0.1) is 30.4 Å². The smallest absolute Gasteiger partial charge is 0.239 e. The van der Waals surface area contributed by atoms with Crippen molar-refractivity contribution < 1.29 is 4.79 Å². The van der Waals surface area contributed by atoms with Gasteiger partial charge in [0, 0.05) is 6.04 Å². The first-order chi connectivity index (χ1) is 12.2. The maximum atomic E-state index is 12.3. The number of hydrogen-bond acceptors (Lipinski definition) is 5. The average molecular weight is 334 g/mol. The molecular formula is C18H18N6O. The molecule has 0 radical (unpaired) electrons. The average Bonchev–Trinajstić information content (AvgIpc) is 3.26. The fraction of sp³-hybridized carbons (Fsp3) is 0.333. The van der Waals surface area contributed by atoms with E-state index < -0.39 is 0 Å². The van der Waals surface area contributed by atoms with Crippen molar-refractivity contribution in [3.05, 3.63) is 42.1 Å². The molecule has 2 atom stereocenters. The van der Waals surface area contributed by atoms with Crippen LogP contribution in [0.4, 0.5) is 5.82 Å². The fourth-order valence-electron chi connectivity index (χ4n) is 3.07. The summed E-state index contributed by atoms with van der Waals surface area (Å²) in [6, 6.07) is 13.7. The monoisotopic (exact) mass is 334 g/mol. The minimum Gasteiger partial charge on any atom is -0.308 e. The number of hydrogen-bond donors (Lipinski definition) is 2. The largest absolute Gasteiger partial charge is 0.308 e. The second-order valence-electron chi connectivity index (χ2n) is 5.97. The Kier molecular flexibility index (Phi) is 5.08. The molecule has 1 saturated carbocycles. The van der Waals surface area contributed by atoms with E-state index in [-0.39, 0.29) is 24.4 Å². The summed E-state index contributed by atoms with van der Waals surface area (Å²) in [4.78, 5) is 12.3. The molecule has 0 bridgehead atoms. The van der Waals surface area contributed by atoms with Crippen LogP contribution in [-0.2, 0) is 4.79 Å². The molecule has 1 fully saturated rings. The van der Waals surface area contributed by atoms with Gasteiger partial charge in [0.25, 0.3) is 0 Å². The van der Waals surface area contributed by atoms with Crippen molar-refractivity contribution in [3.63, 3.8) is 0 Å². The second kappa shape index (κ2) is 7.61. The molecule has 1 aliphatic rings. The van der Waals surface area contributed by atoms with E-state index >= 15 is 0 Å². The molecule has 0 aliphatic heterocycles. The van der Waals surface area contributed by atoms with Gasteiger partial charge in [0.15, 0.2) is 5.82 Å². The molecule has 1 amide bonds. The predicted octanol–water partition coefficient (Wildman–Crippen LogP) is 1.96. The van der Waals surface area contributed by atoms with Crippen LogP contribution in [-0.4, -0.2) is 28.3 Å². The standard InChI is InChI=1S/C18H18N6O/c19-9-13-5-4-8-16(13)21-12-17(25)23-18-14(10-20)11-22-24(18)15-6-2-1-3-7-15/h1-3,6-7,11,13,16,21H,4-5,8,12H2,(H,23,25). The van der Waals surface area contributed by atoms with Crippen LogP contribution < -0.4 is 10.6 Å². The summed E-state index contributed by atoms with van der Waals surface area (Å²) in [7, 11) is 0. The lowest BCUT2D eigenvalue weighted by molar-refractivity contribution is -0.115. The van der Waals surface area contributed by atoms with Gasteiger partial charge in [0.1, 0.15) is 11.6 Å². The van der Waals surface area contributed by atoms with E-state index in [1.807, 2.05) is 36.4 Å². The maximum Gasteiger partial charge on any atom is 0.239 e. The highest BCUT2D eigenvalue weighted by Crippen LogP contribution is 2.24. The van der Waals surface area contributed by atoms with Gasteiger partial charge >= 0.3 is 0 Å². The molecule has 1 aromatic heterocycles. The number of benzene rings is 1. The molecule has 1 heterocycles. The number of rotatable bonds is 5. The SMILES string of the molecule is N#Cc1cnn(-c2ccccc2)c1NC(=O)CNC1CCCC1C#N. The number of anilines is 1. The first kappa shape index (κ1) is 16.7. The van der Waals surface area contributed by atoms with Gasteiger partial charge in [-0.3, -0.25) is 4.79 Å². The van der Waals surface area contributed by atoms with Gasteiger partial charge in [-0.25, -0.2) is 4.68 Å². The first-order valence-electron chi connectivity index (χ1n) is 8.19. The van der Waals surface area contributed by atoms with Gasteiger partial charge in [-0.15, -0.1) is 0 Å². The molecule has 7 nitrogen and oxygen atoms in total. The topological polar surface area (TPSA) is 107 Å². The zero-order valence-electron chi connectivity index (χ0n) is 13.6.